The second kappa shape index (κ2) is 4.09. The highest BCUT2D eigenvalue weighted by molar-refractivity contribution is 5.48. The van der Waals surface area contributed by atoms with E-state index in [9.17, 15) is 15.2 Å². The first kappa shape index (κ1) is 10.9. The number of non-ortho nitro benzene ring substituents is 1. The molecule has 0 atom stereocenters. The van der Waals surface area contributed by atoms with Gasteiger partial charge in [0.25, 0.3) is 5.69 Å². The van der Waals surface area contributed by atoms with Crippen LogP contribution in [0.25, 0.3) is 0 Å². The summed E-state index contributed by atoms with van der Waals surface area (Å²) in [5.41, 5.74) is 0.292. The van der Waals surface area contributed by atoms with Gasteiger partial charge in [-0.05, 0) is 31.4 Å². The second-order valence-electron chi connectivity index (χ2n) is 4.24. The summed E-state index contributed by atoms with van der Waals surface area (Å²) >= 11 is 0. The minimum absolute atomic E-state index is 0.0768. The molecule has 0 bridgehead atoms. The van der Waals surface area contributed by atoms with E-state index in [1.165, 1.54) is 12.1 Å². The number of aliphatic hydroxyl groups is 1. The zero-order valence-electron chi connectivity index (χ0n) is 8.85. The maximum absolute atomic E-state index is 10.4. The molecule has 0 aliphatic heterocycles. The summed E-state index contributed by atoms with van der Waals surface area (Å²) in [7, 11) is 0. The van der Waals surface area contributed by atoms with Crippen molar-refractivity contribution in [3.05, 3.63) is 34.4 Å². The van der Waals surface area contributed by atoms with E-state index in [0.717, 1.165) is 24.9 Å². The summed E-state index contributed by atoms with van der Waals surface area (Å²) in [4.78, 5) is 10.0. The van der Waals surface area contributed by atoms with Crippen molar-refractivity contribution in [2.45, 2.75) is 24.9 Å². The molecular formula is C11H14N2O3. The number of anilines is 1. The topological polar surface area (TPSA) is 75.4 Å². The fraction of sp³-hybridized carbons (Fsp3) is 0.455. The van der Waals surface area contributed by atoms with E-state index in [2.05, 4.69) is 5.32 Å². The van der Waals surface area contributed by atoms with Gasteiger partial charge in [-0.3, -0.25) is 10.1 Å². The predicted molar refractivity (Wildman–Crippen MR) is 60.4 cm³/mol. The first-order valence-corrected chi connectivity index (χ1v) is 5.30. The standard InChI is InChI=1S/C11H14N2O3/c14-11(6-1-7-11)8-12-9-2-4-10(5-3-9)13(15)16/h2-5,12,14H,1,6-8H2. The summed E-state index contributed by atoms with van der Waals surface area (Å²) in [5, 5.41) is 23.4. The molecule has 5 heteroatoms. The van der Waals surface area contributed by atoms with Gasteiger partial charge in [0.1, 0.15) is 0 Å². The maximum atomic E-state index is 10.4. The van der Waals surface area contributed by atoms with Crippen LogP contribution in [0.1, 0.15) is 19.3 Å². The second-order valence-corrected chi connectivity index (χ2v) is 4.24. The smallest absolute Gasteiger partial charge is 0.269 e. The number of nitro benzene ring substituents is 1. The number of nitrogens with one attached hydrogen (secondary N) is 1. The van der Waals surface area contributed by atoms with Gasteiger partial charge >= 0.3 is 0 Å². The van der Waals surface area contributed by atoms with E-state index in [1.54, 1.807) is 12.1 Å². The molecule has 2 rings (SSSR count). The van der Waals surface area contributed by atoms with Gasteiger partial charge in [-0.25, -0.2) is 0 Å². The zero-order chi connectivity index (χ0) is 11.6. The maximum Gasteiger partial charge on any atom is 0.269 e. The molecule has 0 saturated heterocycles. The van der Waals surface area contributed by atoms with Gasteiger partial charge in [-0.2, -0.15) is 0 Å². The minimum Gasteiger partial charge on any atom is -0.388 e. The molecule has 1 aliphatic carbocycles. The Hall–Kier alpha value is -1.62. The summed E-state index contributed by atoms with van der Waals surface area (Å²) in [5.74, 6) is 0. The highest BCUT2D eigenvalue weighted by atomic mass is 16.6. The van der Waals surface area contributed by atoms with E-state index < -0.39 is 10.5 Å². The van der Waals surface area contributed by atoms with Crippen LogP contribution in [0.2, 0.25) is 0 Å². The fourth-order valence-electron chi connectivity index (χ4n) is 1.73. The predicted octanol–water partition coefficient (Wildman–Crippen LogP) is 1.92. The molecule has 1 aromatic rings. The quantitative estimate of drug-likeness (QED) is 0.602. The lowest BCUT2D eigenvalue weighted by Gasteiger charge is -2.36. The Labute approximate surface area is 93.2 Å². The van der Waals surface area contributed by atoms with E-state index in [1.807, 2.05) is 0 Å². The lowest BCUT2D eigenvalue weighted by molar-refractivity contribution is -0.384. The highest BCUT2D eigenvalue weighted by Gasteiger charge is 2.33. The van der Waals surface area contributed by atoms with Crippen LogP contribution in [-0.4, -0.2) is 22.2 Å². The van der Waals surface area contributed by atoms with Crippen LogP contribution in [0.5, 0.6) is 0 Å². The van der Waals surface area contributed by atoms with E-state index in [4.69, 9.17) is 0 Å². The lowest BCUT2D eigenvalue weighted by atomic mass is 9.80. The Balaban J connectivity index is 1.92. The summed E-state index contributed by atoms with van der Waals surface area (Å²) < 4.78 is 0. The van der Waals surface area contributed by atoms with Crippen molar-refractivity contribution in [3.8, 4) is 0 Å². The lowest BCUT2D eigenvalue weighted by Crippen LogP contribution is -2.43. The van der Waals surface area contributed by atoms with Gasteiger partial charge in [-0.15, -0.1) is 0 Å². The fourth-order valence-corrected chi connectivity index (χ4v) is 1.73. The van der Waals surface area contributed by atoms with Crippen LogP contribution < -0.4 is 5.32 Å². The highest BCUT2D eigenvalue weighted by Crippen LogP contribution is 2.31. The number of hydrogen-bond acceptors (Lipinski definition) is 4. The van der Waals surface area contributed by atoms with E-state index >= 15 is 0 Å². The third-order valence-electron chi connectivity index (χ3n) is 2.98. The van der Waals surface area contributed by atoms with Gasteiger partial charge in [-0.1, -0.05) is 0 Å². The van der Waals surface area contributed by atoms with Crippen molar-refractivity contribution in [1.29, 1.82) is 0 Å². The van der Waals surface area contributed by atoms with Gasteiger partial charge in [0.15, 0.2) is 0 Å². The summed E-state index contributed by atoms with van der Waals surface area (Å²) in [6, 6.07) is 6.21. The Morgan fingerprint density at radius 1 is 1.38 bits per heavy atom. The van der Waals surface area contributed by atoms with Crippen molar-refractivity contribution in [2.24, 2.45) is 0 Å². The van der Waals surface area contributed by atoms with Crippen LogP contribution >= 0.6 is 0 Å². The first-order chi connectivity index (χ1) is 7.59. The van der Waals surface area contributed by atoms with Crippen LogP contribution in [0, 0.1) is 10.1 Å². The number of nitrogens with zero attached hydrogens (tertiary/aromatic N) is 1. The third kappa shape index (κ3) is 2.30. The number of nitro groups is 1. The van der Waals surface area contributed by atoms with Crippen molar-refractivity contribution in [2.75, 3.05) is 11.9 Å². The monoisotopic (exact) mass is 222 g/mol. The summed E-state index contributed by atoms with van der Waals surface area (Å²) in [6.07, 6.45) is 2.72. The van der Waals surface area contributed by atoms with Crippen molar-refractivity contribution in [1.82, 2.24) is 0 Å². The molecule has 0 radical (unpaired) electrons. The van der Waals surface area contributed by atoms with Crippen LogP contribution in [-0.2, 0) is 0 Å². The third-order valence-corrected chi connectivity index (χ3v) is 2.98. The Morgan fingerprint density at radius 3 is 2.44 bits per heavy atom. The molecule has 0 aromatic heterocycles. The molecule has 0 unspecified atom stereocenters. The largest absolute Gasteiger partial charge is 0.388 e. The molecular weight excluding hydrogens is 208 g/mol. The molecule has 1 aromatic carbocycles. The molecule has 16 heavy (non-hydrogen) atoms. The van der Waals surface area contributed by atoms with Crippen LogP contribution in [0.4, 0.5) is 11.4 Å². The molecule has 0 amide bonds. The molecule has 1 saturated carbocycles. The summed E-state index contributed by atoms with van der Waals surface area (Å²) in [6.45, 7) is 0.505. The SMILES string of the molecule is O=[N+]([O-])c1ccc(NCC2(O)CCC2)cc1. The number of hydrogen-bond donors (Lipinski definition) is 2. The number of rotatable bonds is 4. The molecule has 2 N–H and O–H groups in total. The Kier molecular flexibility index (Phi) is 2.78. The molecule has 86 valence electrons. The van der Waals surface area contributed by atoms with E-state index in [-0.39, 0.29) is 5.69 Å². The van der Waals surface area contributed by atoms with E-state index in [0.29, 0.717) is 6.54 Å². The van der Waals surface area contributed by atoms with Gasteiger partial charge in [0.2, 0.25) is 0 Å². The van der Waals surface area contributed by atoms with Crippen LogP contribution in [0.15, 0.2) is 24.3 Å². The number of benzene rings is 1. The Morgan fingerprint density at radius 2 is 2.00 bits per heavy atom. The molecule has 0 spiro atoms. The normalized spacial score (nSPS) is 17.6. The molecule has 0 heterocycles. The van der Waals surface area contributed by atoms with Crippen molar-refractivity contribution >= 4 is 11.4 Å². The Bertz CT molecular complexity index is 385. The van der Waals surface area contributed by atoms with Gasteiger partial charge in [0.05, 0.1) is 10.5 Å². The minimum atomic E-state index is -0.582. The van der Waals surface area contributed by atoms with Crippen molar-refractivity contribution in [3.63, 3.8) is 0 Å². The molecule has 1 fully saturated rings. The van der Waals surface area contributed by atoms with Gasteiger partial charge < -0.3 is 10.4 Å². The first-order valence-electron chi connectivity index (χ1n) is 5.30. The van der Waals surface area contributed by atoms with Crippen LogP contribution in [0.3, 0.4) is 0 Å². The molecule has 5 nitrogen and oxygen atoms in total. The molecule has 1 aliphatic rings. The average molecular weight is 222 g/mol. The zero-order valence-corrected chi connectivity index (χ0v) is 8.85. The van der Waals surface area contributed by atoms with Gasteiger partial charge in [0, 0.05) is 24.4 Å². The van der Waals surface area contributed by atoms with Crippen molar-refractivity contribution < 1.29 is 10.0 Å². The average Bonchev–Trinajstić information content (AvgIpc) is 2.24.